The number of benzene rings is 3. The normalized spacial score (nSPS) is 14.5. The van der Waals surface area contributed by atoms with Crippen LogP contribution >= 0.6 is 11.6 Å². The molecule has 0 saturated carbocycles. The molecule has 1 aliphatic heterocycles. The number of nitrogens with zero attached hydrogens (tertiary/aromatic N) is 4. The van der Waals surface area contributed by atoms with E-state index in [0.29, 0.717) is 17.3 Å². The Bertz CT molecular complexity index is 1650. The molecule has 0 radical (unpaired) electrons. The van der Waals surface area contributed by atoms with Gasteiger partial charge in [-0.2, -0.15) is 5.10 Å². The molecule has 0 aliphatic carbocycles. The molecule has 0 spiro atoms. The van der Waals surface area contributed by atoms with Crippen LogP contribution in [0, 0.1) is 13.8 Å². The summed E-state index contributed by atoms with van der Waals surface area (Å²) in [6, 6.07) is 27.8. The van der Waals surface area contributed by atoms with Gasteiger partial charge in [0.05, 0.1) is 29.7 Å². The summed E-state index contributed by atoms with van der Waals surface area (Å²) in [5, 5.41) is 8.81. The molecule has 3 aromatic carbocycles. The van der Waals surface area contributed by atoms with Gasteiger partial charge in [-0.25, -0.2) is 9.48 Å². The third-order valence-electron chi connectivity index (χ3n) is 7.47. The van der Waals surface area contributed by atoms with Gasteiger partial charge < -0.3 is 14.8 Å². The van der Waals surface area contributed by atoms with Crippen molar-refractivity contribution in [2.24, 2.45) is 0 Å². The predicted octanol–water partition coefficient (Wildman–Crippen LogP) is 7.63. The summed E-state index contributed by atoms with van der Waals surface area (Å²) in [5.41, 5.74) is 7.73. The van der Waals surface area contributed by atoms with E-state index in [9.17, 15) is 4.79 Å². The minimum Gasteiger partial charge on any atom is -0.307 e. The van der Waals surface area contributed by atoms with Gasteiger partial charge in [-0.05, 0) is 67.8 Å². The van der Waals surface area contributed by atoms with E-state index in [-0.39, 0.29) is 12.1 Å². The van der Waals surface area contributed by atoms with E-state index in [2.05, 4.69) is 72.4 Å². The Kier molecular flexibility index (Phi) is 6.49. The lowest BCUT2D eigenvalue weighted by Gasteiger charge is -2.31. The quantitative estimate of drug-likeness (QED) is 0.257. The first-order valence-electron chi connectivity index (χ1n) is 13.2. The summed E-state index contributed by atoms with van der Waals surface area (Å²) >= 11 is 6.39. The number of nitrogens with one attached hydrogen (secondary N) is 1. The van der Waals surface area contributed by atoms with Crippen molar-refractivity contribution in [3.8, 4) is 11.5 Å². The van der Waals surface area contributed by atoms with Gasteiger partial charge in [-0.15, -0.1) is 0 Å². The zero-order chi connectivity index (χ0) is 27.1. The SMILES string of the molecule is CCc1nn(-c2ccccc2)c2c1CN(C(=O)Nc1cccc(Cl)c1C)[C@@H](c1ccc(C)cc1)c1cccn1-2. The van der Waals surface area contributed by atoms with Gasteiger partial charge in [-0.1, -0.05) is 72.6 Å². The molecule has 0 saturated heterocycles. The van der Waals surface area contributed by atoms with Crippen molar-refractivity contribution in [3.63, 3.8) is 0 Å². The molecule has 0 unspecified atom stereocenters. The van der Waals surface area contributed by atoms with Gasteiger partial charge in [0, 0.05) is 22.5 Å². The molecule has 6 nitrogen and oxygen atoms in total. The minimum atomic E-state index is -0.318. The largest absolute Gasteiger partial charge is 0.322 e. The monoisotopic (exact) mass is 535 g/mol. The fraction of sp³-hybridized carbons (Fsp3) is 0.188. The van der Waals surface area contributed by atoms with Crippen LogP contribution in [0.15, 0.2) is 91.1 Å². The highest BCUT2D eigenvalue weighted by Crippen LogP contribution is 2.39. The highest BCUT2D eigenvalue weighted by Gasteiger charge is 2.36. The molecule has 1 N–H and O–H groups in total. The number of aromatic nitrogens is 3. The van der Waals surface area contributed by atoms with E-state index in [1.165, 1.54) is 5.56 Å². The second kappa shape index (κ2) is 10.1. The fourth-order valence-electron chi connectivity index (χ4n) is 5.38. The lowest BCUT2D eigenvalue weighted by molar-refractivity contribution is 0.194. The standard InChI is InChI=1S/C32H30ClN5O/c1-4-27-25-20-37(32(39)34-28-13-8-12-26(33)22(28)3)30(23-17-15-21(2)16-18-23)29-14-9-19-36(29)31(25)38(35-27)24-10-6-5-7-11-24/h5-19,30H,4,20H2,1-3H3,(H,34,39)/t30-/m0/s1. The van der Waals surface area contributed by atoms with E-state index in [1.807, 2.05) is 59.0 Å². The number of hydrogen-bond acceptors (Lipinski definition) is 2. The lowest BCUT2D eigenvalue weighted by Crippen LogP contribution is -2.38. The Morgan fingerprint density at radius 1 is 0.974 bits per heavy atom. The first kappa shape index (κ1) is 25.0. The molecule has 39 heavy (non-hydrogen) atoms. The first-order chi connectivity index (χ1) is 19.0. The molecule has 196 valence electrons. The number of fused-ring (bicyclic) bond motifs is 3. The minimum absolute atomic E-state index is 0.193. The van der Waals surface area contributed by atoms with Crippen LogP contribution in [0.1, 0.15) is 46.6 Å². The summed E-state index contributed by atoms with van der Waals surface area (Å²) in [7, 11) is 0. The number of para-hydroxylation sites is 1. The Labute approximate surface area is 233 Å². The average molecular weight is 536 g/mol. The second-order valence-electron chi connectivity index (χ2n) is 9.94. The van der Waals surface area contributed by atoms with Crippen LogP contribution in [0.5, 0.6) is 0 Å². The topological polar surface area (TPSA) is 55.1 Å². The Morgan fingerprint density at radius 2 is 1.74 bits per heavy atom. The number of amides is 2. The highest BCUT2D eigenvalue weighted by molar-refractivity contribution is 6.31. The average Bonchev–Trinajstić information content (AvgIpc) is 3.53. The van der Waals surface area contributed by atoms with Crippen molar-refractivity contribution >= 4 is 23.3 Å². The molecule has 5 aromatic rings. The Balaban J connectivity index is 1.55. The van der Waals surface area contributed by atoms with E-state index < -0.39 is 0 Å². The van der Waals surface area contributed by atoms with Crippen LogP contribution in [-0.4, -0.2) is 25.3 Å². The number of urea groups is 1. The first-order valence-corrected chi connectivity index (χ1v) is 13.6. The van der Waals surface area contributed by atoms with Gasteiger partial charge in [0.25, 0.3) is 0 Å². The summed E-state index contributed by atoms with van der Waals surface area (Å²) < 4.78 is 4.20. The number of hydrogen-bond donors (Lipinski definition) is 1. The van der Waals surface area contributed by atoms with Gasteiger partial charge in [0.15, 0.2) is 0 Å². The predicted molar refractivity (Wildman–Crippen MR) is 156 cm³/mol. The smallest absolute Gasteiger partial charge is 0.307 e. The number of carbonyl (C=O) groups excluding carboxylic acids is 1. The molecule has 1 aliphatic rings. The maximum atomic E-state index is 14.2. The van der Waals surface area contributed by atoms with E-state index in [0.717, 1.165) is 46.0 Å². The number of anilines is 1. The van der Waals surface area contributed by atoms with Gasteiger partial charge in [0.2, 0.25) is 0 Å². The molecule has 1 atom stereocenters. The van der Waals surface area contributed by atoms with Crippen molar-refractivity contribution in [2.75, 3.05) is 5.32 Å². The number of aryl methyl sites for hydroxylation is 2. The van der Waals surface area contributed by atoms with Crippen LogP contribution in [0.25, 0.3) is 11.5 Å². The fourth-order valence-corrected chi connectivity index (χ4v) is 5.55. The molecule has 3 heterocycles. The zero-order valence-corrected chi connectivity index (χ0v) is 23.0. The van der Waals surface area contributed by atoms with Crippen LogP contribution < -0.4 is 5.32 Å². The molecule has 2 aromatic heterocycles. The van der Waals surface area contributed by atoms with Crippen LogP contribution in [-0.2, 0) is 13.0 Å². The van der Waals surface area contributed by atoms with Crippen LogP contribution in [0.4, 0.5) is 10.5 Å². The molecule has 0 bridgehead atoms. The van der Waals surface area contributed by atoms with Crippen molar-refractivity contribution < 1.29 is 4.79 Å². The maximum absolute atomic E-state index is 14.2. The molecule has 2 amide bonds. The molecular formula is C32H30ClN5O. The zero-order valence-electron chi connectivity index (χ0n) is 22.2. The van der Waals surface area contributed by atoms with Crippen molar-refractivity contribution in [1.82, 2.24) is 19.2 Å². The molecule has 0 fully saturated rings. The van der Waals surface area contributed by atoms with Gasteiger partial charge in [0.1, 0.15) is 5.82 Å². The van der Waals surface area contributed by atoms with E-state index >= 15 is 0 Å². The van der Waals surface area contributed by atoms with Gasteiger partial charge in [-0.3, -0.25) is 0 Å². The summed E-state index contributed by atoms with van der Waals surface area (Å²) in [6.07, 6.45) is 2.81. The highest BCUT2D eigenvalue weighted by atomic mass is 35.5. The Morgan fingerprint density at radius 3 is 2.49 bits per heavy atom. The number of carbonyl (C=O) groups is 1. The van der Waals surface area contributed by atoms with E-state index in [4.69, 9.17) is 16.7 Å². The second-order valence-corrected chi connectivity index (χ2v) is 10.3. The summed E-state index contributed by atoms with van der Waals surface area (Å²) in [5.74, 6) is 0.962. The van der Waals surface area contributed by atoms with Gasteiger partial charge >= 0.3 is 6.03 Å². The lowest BCUT2D eigenvalue weighted by atomic mass is 10.0. The summed E-state index contributed by atoms with van der Waals surface area (Å²) in [6.45, 7) is 6.50. The van der Waals surface area contributed by atoms with Crippen molar-refractivity contribution in [2.45, 2.75) is 39.8 Å². The van der Waals surface area contributed by atoms with E-state index in [1.54, 1.807) is 0 Å². The number of rotatable bonds is 4. The maximum Gasteiger partial charge on any atom is 0.322 e. The summed E-state index contributed by atoms with van der Waals surface area (Å²) in [4.78, 5) is 16.1. The van der Waals surface area contributed by atoms with Crippen molar-refractivity contribution in [3.05, 3.63) is 130 Å². The molecule has 7 heteroatoms. The molecule has 6 rings (SSSR count). The number of halogens is 1. The molecular weight excluding hydrogens is 506 g/mol. The van der Waals surface area contributed by atoms with Crippen LogP contribution in [0.2, 0.25) is 5.02 Å². The van der Waals surface area contributed by atoms with Crippen molar-refractivity contribution in [1.29, 1.82) is 0 Å². The third kappa shape index (κ3) is 4.41. The van der Waals surface area contributed by atoms with Crippen LogP contribution in [0.3, 0.4) is 0 Å². The Hall–Kier alpha value is -4.29. The third-order valence-corrected chi connectivity index (χ3v) is 7.88.